The zero-order chi connectivity index (χ0) is 42.0. The van der Waals surface area contributed by atoms with Gasteiger partial charge in [0.05, 0.1) is 170 Å². The van der Waals surface area contributed by atoms with E-state index in [1.807, 2.05) is 0 Å². The fraction of sp³-hybridized carbons (Fsp3) is 0.700. The first-order chi connectivity index (χ1) is 29.0. The van der Waals surface area contributed by atoms with Crippen molar-refractivity contribution in [2.75, 3.05) is 170 Å². The lowest BCUT2D eigenvalue weighted by atomic mass is 10.0. The zero-order valence-electron chi connectivity index (χ0n) is 34.2. The van der Waals surface area contributed by atoms with E-state index in [9.17, 15) is 19.2 Å². The third-order valence-electron chi connectivity index (χ3n) is 8.36. The van der Waals surface area contributed by atoms with Crippen molar-refractivity contribution in [3.8, 4) is 0 Å². The summed E-state index contributed by atoms with van der Waals surface area (Å²) in [5.41, 5.74) is 0.902. The molecule has 0 radical (unpaired) electrons. The van der Waals surface area contributed by atoms with Gasteiger partial charge in [-0.15, -0.1) is 6.58 Å². The summed E-state index contributed by atoms with van der Waals surface area (Å²) in [5.74, 6) is -2.17. The van der Waals surface area contributed by atoms with Gasteiger partial charge in [0.15, 0.2) is 0 Å². The molecule has 19 heteroatoms. The van der Waals surface area contributed by atoms with Crippen LogP contribution in [0, 0.1) is 0 Å². The fourth-order valence-electron chi connectivity index (χ4n) is 5.51. The summed E-state index contributed by atoms with van der Waals surface area (Å²) < 4.78 is 65.5. The van der Waals surface area contributed by atoms with Crippen LogP contribution in [0.5, 0.6) is 0 Å². The number of hydrogen-bond acceptors (Lipinski definition) is 17. The van der Waals surface area contributed by atoms with Crippen molar-refractivity contribution in [2.45, 2.75) is 18.9 Å². The average molecular weight is 842 g/mol. The average Bonchev–Trinajstić information content (AvgIpc) is 3.49. The van der Waals surface area contributed by atoms with Gasteiger partial charge in [-0.2, -0.15) is 0 Å². The van der Waals surface area contributed by atoms with E-state index in [-0.39, 0.29) is 24.0 Å². The van der Waals surface area contributed by atoms with Crippen molar-refractivity contribution < 1.29 is 76.0 Å². The number of anilines is 1. The molecular weight excluding hydrogens is 778 g/mol. The van der Waals surface area contributed by atoms with Crippen molar-refractivity contribution in [3.63, 3.8) is 0 Å². The molecule has 334 valence electrons. The van der Waals surface area contributed by atoms with Crippen LogP contribution in [0.2, 0.25) is 0 Å². The Morgan fingerprint density at radius 3 is 1.34 bits per heavy atom. The molecule has 0 aromatic heterocycles. The summed E-state index contributed by atoms with van der Waals surface area (Å²) in [6, 6.07) is 3.90. The fourth-order valence-corrected chi connectivity index (χ4v) is 5.51. The van der Waals surface area contributed by atoms with Gasteiger partial charge >= 0.3 is 0 Å². The van der Waals surface area contributed by atoms with E-state index in [0.29, 0.717) is 171 Å². The first-order valence-corrected chi connectivity index (χ1v) is 20.2. The molecule has 1 saturated heterocycles. The van der Waals surface area contributed by atoms with E-state index in [4.69, 9.17) is 56.8 Å². The van der Waals surface area contributed by atoms with E-state index >= 15 is 0 Å². The van der Waals surface area contributed by atoms with Crippen LogP contribution in [0.3, 0.4) is 0 Å². The summed E-state index contributed by atoms with van der Waals surface area (Å²) in [6.45, 7) is 15.2. The number of ether oxygens (including phenoxy) is 12. The molecule has 2 heterocycles. The number of fused-ring (bicyclic) bond motifs is 1. The second-order valence-corrected chi connectivity index (χ2v) is 12.7. The lowest BCUT2D eigenvalue weighted by Gasteiger charge is -2.27. The Kier molecular flexibility index (Phi) is 28.2. The van der Waals surface area contributed by atoms with E-state index < -0.39 is 29.7 Å². The number of amides is 4. The summed E-state index contributed by atoms with van der Waals surface area (Å²) in [6.07, 6.45) is 1.87. The van der Waals surface area contributed by atoms with Crippen molar-refractivity contribution in [3.05, 3.63) is 42.0 Å². The van der Waals surface area contributed by atoms with Crippen LogP contribution in [0.15, 0.2) is 30.9 Å². The highest BCUT2D eigenvalue weighted by atomic mass is 16.6. The SMILES string of the molecule is C=CCOCCOCCOCCOCCOCCOCCOCCOCCOCCOCCOCCOCCNc1cccc2c1C(=O)N(C1CCC(=O)NC1=O)C2=O. The summed E-state index contributed by atoms with van der Waals surface area (Å²) in [5, 5.41) is 5.33. The molecule has 2 aliphatic rings. The van der Waals surface area contributed by atoms with Gasteiger partial charge in [0.2, 0.25) is 11.8 Å². The summed E-state index contributed by atoms with van der Waals surface area (Å²) in [7, 11) is 0. The molecule has 0 bridgehead atoms. The second-order valence-electron chi connectivity index (χ2n) is 12.7. The third-order valence-corrected chi connectivity index (χ3v) is 8.36. The van der Waals surface area contributed by atoms with Crippen LogP contribution in [0.4, 0.5) is 5.69 Å². The highest BCUT2D eigenvalue weighted by Gasteiger charge is 2.45. The molecule has 0 spiro atoms. The van der Waals surface area contributed by atoms with Gasteiger partial charge in [-0.25, -0.2) is 0 Å². The van der Waals surface area contributed by atoms with Crippen LogP contribution >= 0.6 is 0 Å². The number of nitrogens with one attached hydrogen (secondary N) is 2. The van der Waals surface area contributed by atoms with Gasteiger partial charge in [0.25, 0.3) is 11.8 Å². The molecule has 4 amide bonds. The number of piperidine rings is 1. The third kappa shape index (κ3) is 21.6. The van der Waals surface area contributed by atoms with Gasteiger partial charge < -0.3 is 62.2 Å². The molecule has 1 fully saturated rings. The lowest BCUT2D eigenvalue weighted by Crippen LogP contribution is -2.54. The van der Waals surface area contributed by atoms with Crippen LogP contribution < -0.4 is 10.6 Å². The largest absolute Gasteiger partial charge is 0.382 e. The first-order valence-electron chi connectivity index (χ1n) is 20.2. The smallest absolute Gasteiger partial charge is 0.264 e. The number of rotatable bonds is 40. The Bertz CT molecular complexity index is 1340. The van der Waals surface area contributed by atoms with Crippen molar-refractivity contribution in [1.82, 2.24) is 10.2 Å². The number of carbonyl (C=O) groups is 4. The molecule has 2 aliphatic heterocycles. The van der Waals surface area contributed by atoms with Crippen LogP contribution in [0.1, 0.15) is 33.6 Å². The number of nitrogens with zero attached hydrogens (tertiary/aromatic N) is 1. The minimum absolute atomic E-state index is 0.0641. The zero-order valence-corrected chi connectivity index (χ0v) is 34.2. The Labute approximate surface area is 346 Å². The van der Waals surface area contributed by atoms with Crippen molar-refractivity contribution in [1.29, 1.82) is 0 Å². The predicted octanol–water partition coefficient (Wildman–Crippen LogP) is 0.885. The van der Waals surface area contributed by atoms with Gasteiger partial charge in [-0.05, 0) is 18.6 Å². The molecule has 19 nitrogen and oxygen atoms in total. The van der Waals surface area contributed by atoms with Gasteiger partial charge in [-0.3, -0.25) is 29.4 Å². The molecule has 1 unspecified atom stereocenters. The Hall–Kier alpha value is -3.44. The minimum atomic E-state index is -1.01. The highest BCUT2D eigenvalue weighted by molar-refractivity contribution is 6.25. The molecule has 1 aromatic carbocycles. The maximum Gasteiger partial charge on any atom is 0.264 e. The maximum atomic E-state index is 13.2. The normalized spacial score (nSPS) is 15.3. The molecule has 3 rings (SSSR count). The predicted molar refractivity (Wildman–Crippen MR) is 212 cm³/mol. The van der Waals surface area contributed by atoms with E-state index in [0.717, 1.165) is 4.90 Å². The molecule has 0 saturated carbocycles. The van der Waals surface area contributed by atoms with Gasteiger partial charge in [0, 0.05) is 18.7 Å². The molecule has 0 aliphatic carbocycles. The Morgan fingerprint density at radius 2 is 0.949 bits per heavy atom. The standard InChI is InChI=1S/C40H63N3O16/c1-2-9-48-11-13-50-15-17-52-19-21-54-23-25-56-27-29-58-31-32-59-30-28-57-26-24-55-22-20-53-18-16-51-14-12-49-10-8-41-34-5-3-4-33-37(34)40(47)43(39(33)46)35-6-7-36(44)42-38(35)45/h2-5,35,41H,1,6-32H2,(H,42,44,45). The van der Waals surface area contributed by atoms with Crippen molar-refractivity contribution in [2.24, 2.45) is 0 Å². The van der Waals surface area contributed by atoms with Crippen LogP contribution in [0.25, 0.3) is 0 Å². The van der Waals surface area contributed by atoms with E-state index in [2.05, 4.69) is 17.2 Å². The highest BCUT2D eigenvalue weighted by Crippen LogP contribution is 2.32. The number of benzene rings is 1. The second kappa shape index (κ2) is 33.3. The number of carbonyl (C=O) groups excluding carboxylic acids is 4. The molecule has 1 atom stereocenters. The molecule has 59 heavy (non-hydrogen) atoms. The quantitative estimate of drug-likeness (QED) is 0.0535. The monoisotopic (exact) mass is 841 g/mol. The van der Waals surface area contributed by atoms with E-state index in [1.54, 1.807) is 24.3 Å². The first kappa shape index (κ1) is 49.9. The van der Waals surface area contributed by atoms with Gasteiger partial charge in [-0.1, -0.05) is 12.1 Å². The van der Waals surface area contributed by atoms with Crippen LogP contribution in [-0.2, 0) is 66.4 Å². The van der Waals surface area contributed by atoms with Crippen LogP contribution in [-0.4, -0.2) is 200 Å². The summed E-state index contributed by atoms with van der Waals surface area (Å²) in [4.78, 5) is 50.9. The maximum absolute atomic E-state index is 13.2. The lowest BCUT2D eigenvalue weighted by molar-refractivity contribution is -0.136. The Morgan fingerprint density at radius 1 is 0.559 bits per heavy atom. The number of imide groups is 2. The number of hydrogen-bond donors (Lipinski definition) is 2. The molecule has 1 aromatic rings. The van der Waals surface area contributed by atoms with Gasteiger partial charge in [0.1, 0.15) is 6.04 Å². The topological polar surface area (TPSA) is 206 Å². The minimum Gasteiger partial charge on any atom is -0.382 e. The van der Waals surface area contributed by atoms with E-state index in [1.165, 1.54) is 0 Å². The summed E-state index contributed by atoms with van der Waals surface area (Å²) >= 11 is 0. The Balaban J connectivity index is 0.981. The molecule has 2 N–H and O–H groups in total. The molecular formula is C40H63N3O16. The van der Waals surface area contributed by atoms with Crippen molar-refractivity contribution >= 4 is 29.3 Å².